The molecule has 4 aliphatic rings. The lowest BCUT2D eigenvalue weighted by Gasteiger charge is -2.26. The largest absolute Gasteiger partial charge is 0.461 e. The Hall–Kier alpha value is -2.19. The molecule has 4 rings (SSSR count). The molecule has 3 fully saturated rings. The van der Waals surface area contributed by atoms with Gasteiger partial charge in [0.2, 0.25) is 0 Å². The molecule has 0 bridgehead atoms. The molecule has 0 spiro atoms. The molecule has 30 heavy (non-hydrogen) atoms. The van der Waals surface area contributed by atoms with Crippen LogP contribution in [0.3, 0.4) is 0 Å². The van der Waals surface area contributed by atoms with E-state index >= 15 is 0 Å². The van der Waals surface area contributed by atoms with Gasteiger partial charge >= 0.3 is 17.9 Å². The Bertz CT molecular complexity index is 857. The van der Waals surface area contributed by atoms with Gasteiger partial charge in [-0.15, -0.1) is 0 Å². The Morgan fingerprint density at radius 2 is 1.93 bits per heavy atom. The van der Waals surface area contributed by atoms with Crippen molar-refractivity contribution in [3.05, 3.63) is 22.8 Å². The highest BCUT2D eigenvalue weighted by molar-refractivity contribution is 5.94. The first kappa shape index (κ1) is 21.1. The first-order chi connectivity index (χ1) is 14.1. The fourth-order valence-electron chi connectivity index (χ4n) is 4.47. The fourth-order valence-corrected chi connectivity index (χ4v) is 4.47. The van der Waals surface area contributed by atoms with Crippen LogP contribution in [0, 0.1) is 0 Å². The minimum Gasteiger partial charge on any atom is -0.461 e. The Labute approximate surface area is 175 Å². The third kappa shape index (κ3) is 3.67. The van der Waals surface area contributed by atoms with Crippen LogP contribution in [0.5, 0.6) is 0 Å². The van der Waals surface area contributed by atoms with Gasteiger partial charge in [-0.25, -0.2) is 9.59 Å². The summed E-state index contributed by atoms with van der Waals surface area (Å²) in [7, 11) is 0. The summed E-state index contributed by atoms with van der Waals surface area (Å²) >= 11 is 0. The normalized spacial score (nSPS) is 39.9. The van der Waals surface area contributed by atoms with E-state index in [9.17, 15) is 14.4 Å². The van der Waals surface area contributed by atoms with Crippen LogP contribution in [0.15, 0.2) is 22.8 Å². The van der Waals surface area contributed by atoms with E-state index in [-0.39, 0.29) is 24.4 Å². The predicted octanol–water partition coefficient (Wildman–Crippen LogP) is 2.15. The van der Waals surface area contributed by atoms with E-state index < -0.39 is 41.3 Å². The number of epoxide rings is 2. The molecule has 3 heterocycles. The van der Waals surface area contributed by atoms with Crippen LogP contribution >= 0.6 is 0 Å². The monoisotopic (exact) mass is 420 g/mol. The van der Waals surface area contributed by atoms with Gasteiger partial charge in [-0.2, -0.15) is 0 Å². The highest BCUT2D eigenvalue weighted by Crippen LogP contribution is 2.54. The highest BCUT2D eigenvalue weighted by Gasteiger charge is 2.65. The Kier molecular flexibility index (Phi) is 5.05. The summed E-state index contributed by atoms with van der Waals surface area (Å²) in [6, 6.07) is 0. The van der Waals surface area contributed by atoms with Gasteiger partial charge in [-0.1, -0.05) is 6.08 Å². The van der Waals surface area contributed by atoms with Crippen molar-refractivity contribution >= 4 is 17.9 Å². The molecule has 164 valence electrons. The van der Waals surface area contributed by atoms with Gasteiger partial charge in [-0.3, -0.25) is 4.79 Å². The molecule has 6 atom stereocenters. The quantitative estimate of drug-likeness (QED) is 0.295. The van der Waals surface area contributed by atoms with Crippen molar-refractivity contribution < 1.29 is 38.1 Å². The number of hydrogen-bond acceptors (Lipinski definition) is 8. The molecule has 1 aliphatic carbocycles. The van der Waals surface area contributed by atoms with Gasteiger partial charge in [0, 0.05) is 24.5 Å². The summed E-state index contributed by atoms with van der Waals surface area (Å²) in [5, 5.41) is 0. The second kappa shape index (κ2) is 7.20. The molecule has 0 N–H and O–H groups in total. The van der Waals surface area contributed by atoms with Gasteiger partial charge < -0.3 is 23.7 Å². The molecule has 2 saturated heterocycles. The van der Waals surface area contributed by atoms with Crippen LogP contribution in [-0.4, -0.2) is 60.1 Å². The summed E-state index contributed by atoms with van der Waals surface area (Å²) in [6.07, 6.45) is 1.92. The maximum atomic E-state index is 12.7. The standard InChI is InChI=1S/C22H28O8/c1-6-11(2)19(24)27-14-9-22(5)15(29-22)7-8-21(4)18(30-21)17-16(14)13(20(25)28-17)10-26-12(3)23/h6,14-15,17-18H,7-10H2,1-5H3/b11-6-/t14-,15+,17-,18+,21+,22+/m0/s1. The number of ether oxygens (including phenoxy) is 5. The van der Waals surface area contributed by atoms with E-state index in [2.05, 4.69) is 0 Å². The third-order valence-corrected chi connectivity index (χ3v) is 6.65. The van der Waals surface area contributed by atoms with Crippen LogP contribution in [0.2, 0.25) is 0 Å². The SMILES string of the molecule is C/C=C(/C)C(=O)O[C@H]1C[C@@]2(C)O[C@@H]2CC[C@@]2(C)O[C@@H]2[C@H]2OC(=O)C(COC(C)=O)=C12. The number of rotatable bonds is 4. The minimum atomic E-state index is -0.754. The van der Waals surface area contributed by atoms with Crippen molar-refractivity contribution in [3.8, 4) is 0 Å². The number of esters is 3. The summed E-state index contributed by atoms with van der Waals surface area (Å²) in [5.41, 5.74) is 0.283. The molecule has 8 heteroatoms. The molecule has 8 nitrogen and oxygen atoms in total. The molecule has 0 amide bonds. The third-order valence-electron chi connectivity index (χ3n) is 6.65. The second-order valence-electron chi connectivity index (χ2n) is 8.92. The molecule has 0 aromatic carbocycles. The van der Waals surface area contributed by atoms with Crippen LogP contribution in [-0.2, 0) is 38.1 Å². The Morgan fingerprint density at radius 3 is 2.60 bits per heavy atom. The number of allylic oxidation sites excluding steroid dienone is 1. The van der Waals surface area contributed by atoms with Crippen LogP contribution in [0.4, 0.5) is 0 Å². The molecule has 1 saturated carbocycles. The van der Waals surface area contributed by atoms with Gasteiger partial charge in [-0.05, 0) is 40.5 Å². The molecular formula is C22H28O8. The lowest BCUT2D eigenvalue weighted by molar-refractivity contribution is -0.144. The highest BCUT2D eigenvalue weighted by atomic mass is 16.7. The molecule has 0 aromatic heterocycles. The summed E-state index contributed by atoms with van der Waals surface area (Å²) < 4.78 is 28.6. The molecule has 3 aliphatic heterocycles. The van der Waals surface area contributed by atoms with Crippen molar-refractivity contribution in [2.45, 2.75) is 89.5 Å². The second-order valence-corrected chi connectivity index (χ2v) is 8.92. The van der Waals surface area contributed by atoms with Crippen molar-refractivity contribution in [1.82, 2.24) is 0 Å². The lowest BCUT2D eigenvalue weighted by Crippen LogP contribution is -2.36. The van der Waals surface area contributed by atoms with Crippen LogP contribution in [0.1, 0.15) is 53.9 Å². The zero-order chi connectivity index (χ0) is 21.8. The molecular weight excluding hydrogens is 392 g/mol. The fraction of sp³-hybridized carbons (Fsp3) is 0.682. The topological polar surface area (TPSA) is 104 Å². The van der Waals surface area contributed by atoms with E-state index in [1.54, 1.807) is 19.9 Å². The minimum absolute atomic E-state index is 0.0373. The zero-order valence-electron chi connectivity index (χ0n) is 18.0. The Morgan fingerprint density at radius 1 is 1.20 bits per heavy atom. The summed E-state index contributed by atoms with van der Waals surface area (Å²) in [6.45, 7) is 8.43. The first-order valence-electron chi connectivity index (χ1n) is 10.3. The van der Waals surface area contributed by atoms with Crippen molar-refractivity contribution in [2.75, 3.05) is 6.61 Å². The van der Waals surface area contributed by atoms with Gasteiger partial charge in [0.25, 0.3) is 0 Å². The number of carbonyl (C=O) groups is 3. The average Bonchev–Trinajstić information content (AvgIpc) is 3.50. The van der Waals surface area contributed by atoms with Crippen molar-refractivity contribution in [2.24, 2.45) is 0 Å². The Balaban J connectivity index is 1.75. The first-order valence-corrected chi connectivity index (χ1v) is 10.3. The predicted molar refractivity (Wildman–Crippen MR) is 103 cm³/mol. The van der Waals surface area contributed by atoms with Gasteiger partial charge in [0.1, 0.15) is 18.8 Å². The average molecular weight is 420 g/mol. The number of fused-ring (bicyclic) bond motifs is 4. The number of carbonyl (C=O) groups excluding carboxylic acids is 3. The van der Waals surface area contributed by atoms with E-state index in [0.29, 0.717) is 17.6 Å². The lowest BCUT2D eigenvalue weighted by atomic mass is 9.83. The van der Waals surface area contributed by atoms with Gasteiger partial charge in [0.05, 0.1) is 22.9 Å². The zero-order valence-corrected chi connectivity index (χ0v) is 18.0. The molecule has 0 aromatic rings. The van der Waals surface area contributed by atoms with Crippen LogP contribution in [0.25, 0.3) is 0 Å². The maximum Gasteiger partial charge on any atom is 0.338 e. The van der Waals surface area contributed by atoms with E-state index in [0.717, 1.165) is 12.8 Å². The summed E-state index contributed by atoms with van der Waals surface area (Å²) in [4.78, 5) is 36.7. The van der Waals surface area contributed by atoms with E-state index in [1.165, 1.54) is 6.92 Å². The molecule has 0 radical (unpaired) electrons. The van der Waals surface area contributed by atoms with E-state index in [4.69, 9.17) is 23.7 Å². The van der Waals surface area contributed by atoms with Crippen molar-refractivity contribution in [3.63, 3.8) is 0 Å². The van der Waals surface area contributed by atoms with Crippen molar-refractivity contribution in [1.29, 1.82) is 0 Å². The van der Waals surface area contributed by atoms with Gasteiger partial charge in [0.15, 0.2) is 6.10 Å². The maximum absolute atomic E-state index is 12.7. The molecule has 0 unspecified atom stereocenters. The number of hydrogen-bond donors (Lipinski definition) is 0. The van der Waals surface area contributed by atoms with E-state index in [1.807, 2.05) is 13.8 Å². The van der Waals surface area contributed by atoms with Crippen LogP contribution < -0.4 is 0 Å². The summed E-state index contributed by atoms with van der Waals surface area (Å²) in [5.74, 6) is -1.56. The smallest absolute Gasteiger partial charge is 0.338 e.